The van der Waals surface area contributed by atoms with Gasteiger partial charge in [-0.1, -0.05) is 23.9 Å². The molecule has 0 aliphatic heterocycles. The molecule has 28 heavy (non-hydrogen) atoms. The Morgan fingerprint density at radius 3 is 2.86 bits per heavy atom. The molecule has 0 spiro atoms. The molecule has 1 aromatic carbocycles. The van der Waals surface area contributed by atoms with Crippen LogP contribution in [0.2, 0.25) is 0 Å². The molecule has 0 fully saturated rings. The Morgan fingerprint density at radius 2 is 2.14 bits per heavy atom. The fraction of sp³-hybridized carbons (Fsp3) is 0.200. The van der Waals surface area contributed by atoms with Crippen molar-refractivity contribution in [3.63, 3.8) is 0 Å². The van der Waals surface area contributed by atoms with Gasteiger partial charge in [0.15, 0.2) is 16.3 Å². The Bertz CT molecular complexity index is 1070. The van der Waals surface area contributed by atoms with Gasteiger partial charge in [-0.25, -0.2) is 4.98 Å². The van der Waals surface area contributed by atoms with Crippen molar-refractivity contribution in [3.05, 3.63) is 34.6 Å². The number of nitrogen functional groups attached to an aromatic ring is 1. The number of rotatable bonds is 7. The number of H-pyrrole nitrogens is 1. The predicted molar refractivity (Wildman–Crippen MR) is 105 cm³/mol. The van der Waals surface area contributed by atoms with Crippen LogP contribution in [0.25, 0.3) is 11.2 Å². The number of aromatic amines is 1. The molecule has 0 atom stereocenters. The lowest BCUT2D eigenvalue weighted by molar-refractivity contribution is -0.113. The smallest absolute Gasteiger partial charge is 0.423 e. The average molecular weight is 404 g/mol. The van der Waals surface area contributed by atoms with Crippen LogP contribution in [0.1, 0.15) is 0 Å². The molecule has 0 aliphatic rings. The normalized spacial score (nSPS) is 11.0. The summed E-state index contributed by atoms with van der Waals surface area (Å²) in [5.41, 5.74) is 6.00. The van der Waals surface area contributed by atoms with E-state index in [1.807, 2.05) is 0 Å². The summed E-state index contributed by atoms with van der Waals surface area (Å²) >= 11 is 1.06. The van der Waals surface area contributed by atoms with Crippen LogP contribution in [-0.4, -0.2) is 60.1 Å². The molecule has 0 saturated carbocycles. The van der Waals surface area contributed by atoms with Gasteiger partial charge in [-0.2, -0.15) is 4.98 Å². The van der Waals surface area contributed by atoms with E-state index in [2.05, 4.69) is 20.3 Å². The minimum atomic E-state index is -1.64. The maximum Gasteiger partial charge on any atom is 0.488 e. The van der Waals surface area contributed by atoms with Crippen LogP contribution in [0.15, 0.2) is 34.2 Å². The minimum absolute atomic E-state index is 0.0337. The van der Waals surface area contributed by atoms with Gasteiger partial charge in [-0.15, -0.1) is 0 Å². The third-order valence-corrected chi connectivity index (χ3v) is 4.69. The molecule has 0 radical (unpaired) electrons. The van der Waals surface area contributed by atoms with Crippen molar-refractivity contribution in [2.75, 3.05) is 23.4 Å². The van der Waals surface area contributed by atoms with Gasteiger partial charge in [0.25, 0.3) is 5.56 Å². The van der Waals surface area contributed by atoms with Crippen LogP contribution in [0, 0.1) is 0 Å². The molecule has 3 aromatic rings. The third-order valence-electron chi connectivity index (χ3n) is 3.71. The van der Waals surface area contributed by atoms with Crippen LogP contribution in [0.3, 0.4) is 0 Å². The maximum atomic E-state index is 12.2. The number of amides is 1. The van der Waals surface area contributed by atoms with Crippen LogP contribution in [0.4, 0.5) is 11.6 Å². The number of thioether (sulfide) groups is 1. The summed E-state index contributed by atoms with van der Waals surface area (Å²) in [4.78, 5) is 34.8. The van der Waals surface area contributed by atoms with Gasteiger partial charge in [0, 0.05) is 12.2 Å². The molecule has 146 valence electrons. The Balaban J connectivity index is 1.77. The first-order valence-corrected chi connectivity index (χ1v) is 9.13. The van der Waals surface area contributed by atoms with E-state index in [-0.39, 0.29) is 47.4 Å². The standard InChI is InChI=1S/C15H17BN6O5S/c17-14-20-12-11(13(25)21-14)19-15(22(12)4-5-23)28-7-10(24)18-9-3-1-2-8(6-9)16(26)27/h1-3,6,23,26-27H,4-5,7H2,(H,18,24)(H3,17,20,21,25). The number of aromatic nitrogens is 4. The lowest BCUT2D eigenvalue weighted by Crippen LogP contribution is -2.30. The van der Waals surface area contributed by atoms with Gasteiger partial charge in [0.2, 0.25) is 11.9 Å². The van der Waals surface area contributed by atoms with Crippen molar-refractivity contribution in [2.24, 2.45) is 0 Å². The number of hydrogen-bond donors (Lipinski definition) is 6. The number of nitrogens with zero attached hydrogens (tertiary/aromatic N) is 3. The largest absolute Gasteiger partial charge is 0.488 e. The molecule has 0 bridgehead atoms. The monoisotopic (exact) mass is 404 g/mol. The van der Waals surface area contributed by atoms with E-state index in [4.69, 9.17) is 5.73 Å². The molecule has 2 aromatic heterocycles. The zero-order chi connectivity index (χ0) is 20.3. The highest BCUT2D eigenvalue weighted by molar-refractivity contribution is 7.99. The SMILES string of the molecule is Nc1nc2c(nc(SCC(=O)Nc3cccc(B(O)O)c3)n2CCO)c(=O)[nH]1. The molecule has 1 amide bonds. The number of nitrogens with two attached hydrogens (primary N) is 1. The first kappa shape index (κ1) is 19.9. The van der Waals surface area contributed by atoms with E-state index in [0.717, 1.165) is 11.8 Å². The second kappa shape index (κ2) is 8.43. The summed E-state index contributed by atoms with van der Waals surface area (Å²) in [6.45, 7) is -0.0807. The summed E-state index contributed by atoms with van der Waals surface area (Å²) in [5.74, 6) is -0.468. The first-order valence-electron chi connectivity index (χ1n) is 8.14. The molecule has 7 N–H and O–H groups in total. The number of nitrogens with one attached hydrogen (secondary N) is 2. The molecule has 13 heteroatoms. The van der Waals surface area contributed by atoms with Crippen molar-refractivity contribution in [2.45, 2.75) is 11.7 Å². The zero-order valence-corrected chi connectivity index (χ0v) is 15.3. The van der Waals surface area contributed by atoms with Gasteiger partial charge in [-0.05, 0) is 17.6 Å². The quantitative estimate of drug-likeness (QED) is 0.194. The Morgan fingerprint density at radius 1 is 1.36 bits per heavy atom. The van der Waals surface area contributed by atoms with Gasteiger partial charge in [0.1, 0.15) is 0 Å². The van der Waals surface area contributed by atoms with E-state index >= 15 is 0 Å². The van der Waals surface area contributed by atoms with Crippen molar-refractivity contribution in [1.82, 2.24) is 19.5 Å². The number of anilines is 2. The van der Waals surface area contributed by atoms with Crippen molar-refractivity contribution in [3.8, 4) is 0 Å². The van der Waals surface area contributed by atoms with Crippen molar-refractivity contribution < 1.29 is 19.9 Å². The maximum absolute atomic E-state index is 12.2. The first-order chi connectivity index (χ1) is 13.4. The van der Waals surface area contributed by atoms with Crippen molar-refractivity contribution in [1.29, 1.82) is 0 Å². The van der Waals surface area contributed by atoms with Crippen LogP contribution in [0.5, 0.6) is 0 Å². The van der Waals surface area contributed by atoms with E-state index in [9.17, 15) is 24.7 Å². The van der Waals surface area contributed by atoms with Crippen LogP contribution in [-0.2, 0) is 11.3 Å². The topological polar surface area (TPSA) is 179 Å². The number of carbonyl (C=O) groups excluding carboxylic acids is 1. The molecule has 3 rings (SSSR count). The van der Waals surface area contributed by atoms with E-state index in [1.165, 1.54) is 16.7 Å². The molecule has 0 unspecified atom stereocenters. The Kier molecular flexibility index (Phi) is 5.99. The Hall–Kier alpha value is -2.87. The fourth-order valence-corrected chi connectivity index (χ4v) is 3.35. The number of imidazole rings is 1. The van der Waals surface area contributed by atoms with E-state index in [1.54, 1.807) is 12.1 Å². The second-order valence-electron chi connectivity index (χ2n) is 5.73. The number of carbonyl (C=O) groups is 1. The van der Waals surface area contributed by atoms with Crippen molar-refractivity contribution >= 4 is 53.0 Å². The van der Waals surface area contributed by atoms with Gasteiger partial charge >= 0.3 is 7.12 Å². The third kappa shape index (κ3) is 4.34. The zero-order valence-electron chi connectivity index (χ0n) is 14.5. The number of aliphatic hydroxyl groups excluding tert-OH is 1. The molecule has 11 nitrogen and oxygen atoms in total. The fourth-order valence-electron chi connectivity index (χ4n) is 2.52. The number of hydrogen-bond acceptors (Lipinski definition) is 9. The molecular weight excluding hydrogens is 387 g/mol. The number of aliphatic hydroxyl groups is 1. The minimum Gasteiger partial charge on any atom is -0.423 e. The summed E-state index contributed by atoms with van der Waals surface area (Å²) in [5, 5.41) is 30.6. The highest BCUT2D eigenvalue weighted by atomic mass is 32.2. The molecule has 0 saturated heterocycles. The lowest BCUT2D eigenvalue weighted by Gasteiger charge is -2.08. The number of benzene rings is 1. The predicted octanol–water partition coefficient (Wildman–Crippen LogP) is -1.90. The van der Waals surface area contributed by atoms with Gasteiger partial charge in [-0.3, -0.25) is 14.6 Å². The van der Waals surface area contributed by atoms with Crippen LogP contribution < -0.4 is 22.1 Å². The number of fused-ring (bicyclic) bond motifs is 1. The highest BCUT2D eigenvalue weighted by Gasteiger charge is 2.17. The highest BCUT2D eigenvalue weighted by Crippen LogP contribution is 2.22. The second-order valence-corrected chi connectivity index (χ2v) is 6.67. The average Bonchev–Trinajstić information content (AvgIpc) is 2.98. The summed E-state index contributed by atoms with van der Waals surface area (Å²) < 4.78 is 1.52. The summed E-state index contributed by atoms with van der Waals surface area (Å²) in [6.07, 6.45) is 0. The molecule has 0 aliphatic carbocycles. The van der Waals surface area contributed by atoms with Crippen LogP contribution >= 0.6 is 11.8 Å². The molecular formula is C15H17BN6O5S. The summed E-state index contributed by atoms with van der Waals surface area (Å²) in [7, 11) is -1.64. The van der Waals surface area contributed by atoms with E-state index in [0.29, 0.717) is 10.8 Å². The molecule has 2 heterocycles. The van der Waals surface area contributed by atoms with E-state index < -0.39 is 12.7 Å². The lowest BCUT2D eigenvalue weighted by atomic mass is 9.80. The van der Waals surface area contributed by atoms with Gasteiger partial charge < -0.3 is 30.8 Å². The summed E-state index contributed by atoms with van der Waals surface area (Å²) in [6, 6.07) is 6.16. The van der Waals surface area contributed by atoms with Gasteiger partial charge in [0.05, 0.1) is 12.4 Å². The Labute approximate surface area is 162 Å².